The Morgan fingerprint density at radius 1 is 1.20 bits per heavy atom. The number of hydrogen-bond acceptors (Lipinski definition) is 4. The van der Waals surface area contributed by atoms with Gasteiger partial charge in [0.1, 0.15) is 0 Å². The maximum atomic E-state index is 12.7. The van der Waals surface area contributed by atoms with Crippen LogP contribution in [0.5, 0.6) is 11.5 Å². The number of ether oxygens (including phenoxy) is 2. The van der Waals surface area contributed by atoms with E-state index in [1.807, 2.05) is 11.8 Å². The van der Waals surface area contributed by atoms with Crippen molar-refractivity contribution >= 4 is 11.9 Å². The van der Waals surface area contributed by atoms with Gasteiger partial charge in [0.05, 0.1) is 14.2 Å². The number of methoxy groups -OCH3 is 2. The first-order valence-electron chi connectivity index (χ1n) is 8.53. The Morgan fingerprint density at radius 2 is 1.84 bits per heavy atom. The van der Waals surface area contributed by atoms with Crippen molar-refractivity contribution in [2.75, 3.05) is 40.9 Å². The fourth-order valence-corrected chi connectivity index (χ4v) is 2.81. The zero-order chi connectivity index (χ0) is 18.4. The molecule has 0 bridgehead atoms. The van der Waals surface area contributed by atoms with Gasteiger partial charge in [0.25, 0.3) is 5.91 Å². The van der Waals surface area contributed by atoms with Crippen LogP contribution in [0.2, 0.25) is 0 Å². The first-order valence-corrected chi connectivity index (χ1v) is 8.53. The van der Waals surface area contributed by atoms with E-state index in [2.05, 4.69) is 5.32 Å². The molecule has 2 rings (SSSR count). The molecule has 0 aliphatic carbocycles. The maximum absolute atomic E-state index is 12.7. The summed E-state index contributed by atoms with van der Waals surface area (Å²) in [5.74, 6) is 1.11. The molecule has 1 fully saturated rings. The Hall–Kier alpha value is -2.44. The van der Waals surface area contributed by atoms with Gasteiger partial charge < -0.3 is 24.6 Å². The summed E-state index contributed by atoms with van der Waals surface area (Å²) in [7, 11) is 4.88. The van der Waals surface area contributed by atoms with E-state index in [0.29, 0.717) is 36.7 Å². The summed E-state index contributed by atoms with van der Waals surface area (Å²) < 4.78 is 10.5. The van der Waals surface area contributed by atoms with Crippen molar-refractivity contribution in [1.82, 2.24) is 15.1 Å². The van der Waals surface area contributed by atoms with Crippen LogP contribution in [-0.2, 0) is 0 Å². The van der Waals surface area contributed by atoms with Gasteiger partial charge in [0.2, 0.25) is 0 Å². The monoisotopic (exact) mass is 349 g/mol. The first-order chi connectivity index (χ1) is 12.0. The molecule has 0 radical (unpaired) electrons. The second-order valence-electron chi connectivity index (χ2n) is 6.10. The average molecular weight is 349 g/mol. The third kappa shape index (κ3) is 4.55. The fraction of sp³-hybridized carbons (Fsp3) is 0.556. The summed E-state index contributed by atoms with van der Waals surface area (Å²) in [4.78, 5) is 28.1. The van der Waals surface area contributed by atoms with Gasteiger partial charge in [-0.3, -0.25) is 4.79 Å². The highest BCUT2D eigenvalue weighted by molar-refractivity contribution is 5.95. The molecule has 138 valence electrons. The van der Waals surface area contributed by atoms with Crippen molar-refractivity contribution < 1.29 is 19.1 Å². The quantitative estimate of drug-likeness (QED) is 0.882. The number of rotatable bonds is 5. The summed E-state index contributed by atoms with van der Waals surface area (Å²) in [5.41, 5.74) is 0.575. The molecule has 0 atom stereocenters. The van der Waals surface area contributed by atoms with Crippen LogP contribution in [0.25, 0.3) is 0 Å². The van der Waals surface area contributed by atoms with Crippen LogP contribution in [0.3, 0.4) is 0 Å². The molecule has 0 spiro atoms. The van der Waals surface area contributed by atoms with E-state index in [0.717, 1.165) is 12.8 Å². The molecule has 1 heterocycles. The van der Waals surface area contributed by atoms with Crippen LogP contribution in [0, 0.1) is 0 Å². The number of nitrogens with one attached hydrogen (secondary N) is 1. The summed E-state index contributed by atoms with van der Waals surface area (Å²) in [6, 6.07) is 5.22. The molecule has 7 heteroatoms. The third-order valence-electron chi connectivity index (χ3n) is 4.56. The topological polar surface area (TPSA) is 71.1 Å². The standard InChI is InChI=1S/C18H27N3O4/c1-5-20(2)18(23)19-14-8-10-21(11-9-14)17(22)13-6-7-15(24-3)16(12-13)25-4/h6-7,12,14H,5,8-11H2,1-4H3,(H,19,23). The molecule has 1 saturated heterocycles. The second-order valence-corrected chi connectivity index (χ2v) is 6.10. The van der Waals surface area contributed by atoms with Gasteiger partial charge in [-0.2, -0.15) is 0 Å². The highest BCUT2D eigenvalue weighted by Gasteiger charge is 2.25. The lowest BCUT2D eigenvalue weighted by atomic mass is 10.0. The van der Waals surface area contributed by atoms with Crippen LogP contribution in [-0.4, -0.2) is 68.7 Å². The zero-order valence-corrected chi connectivity index (χ0v) is 15.4. The molecule has 1 aliphatic heterocycles. The van der Waals surface area contributed by atoms with Gasteiger partial charge in [-0.1, -0.05) is 0 Å². The Morgan fingerprint density at radius 3 is 2.40 bits per heavy atom. The number of likely N-dealkylation sites (tertiary alicyclic amines) is 1. The van der Waals surface area contributed by atoms with Crippen molar-refractivity contribution in [3.63, 3.8) is 0 Å². The van der Waals surface area contributed by atoms with Gasteiger partial charge in [-0.15, -0.1) is 0 Å². The molecule has 1 aromatic rings. The van der Waals surface area contributed by atoms with Crippen molar-refractivity contribution in [2.24, 2.45) is 0 Å². The van der Waals surface area contributed by atoms with E-state index in [4.69, 9.17) is 9.47 Å². The van der Waals surface area contributed by atoms with Crippen molar-refractivity contribution in [2.45, 2.75) is 25.8 Å². The van der Waals surface area contributed by atoms with E-state index in [-0.39, 0.29) is 18.0 Å². The molecule has 25 heavy (non-hydrogen) atoms. The molecular formula is C18H27N3O4. The minimum Gasteiger partial charge on any atom is -0.493 e. The summed E-state index contributed by atoms with van der Waals surface area (Å²) in [5, 5.41) is 3.01. The number of carbonyl (C=O) groups is 2. The molecule has 0 unspecified atom stereocenters. The number of carbonyl (C=O) groups excluding carboxylic acids is 2. The molecule has 1 N–H and O–H groups in total. The molecule has 0 saturated carbocycles. The van der Waals surface area contributed by atoms with E-state index in [9.17, 15) is 9.59 Å². The number of urea groups is 1. The SMILES string of the molecule is CCN(C)C(=O)NC1CCN(C(=O)c2ccc(OC)c(OC)c2)CC1. The van der Waals surface area contributed by atoms with Crippen LogP contribution < -0.4 is 14.8 Å². The Bertz CT molecular complexity index is 612. The van der Waals surface area contributed by atoms with Gasteiger partial charge in [0, 0.05) is 38.3 Å². The van der Waals surface area contributed by atoms with E-state index < -0.39 is 0 Å². The lowest BCUT2D eigenvalue weighted by Crippen LogP contribution is -2.49. The number of benzene rings is 1. The second kappa shape index (κ2) is 8.60. The molecule has 0 aromatic heterocycles. The van der Waals surface area contributed by atoms with E-state index in [1.165, 1.54) is 0 Å². The average Bonchev–Trinajstić information content (AvgIpc) is 2.66. The minimum absolute atomic E-state index is 0.0311. The highest BCUT2D eigenvalue weighted by Crippen LogP contribution is 2.28. The normalized spacial score (nSPS) is 14.8. The Balaban J connectivity index is 1.94. The Labute approximate surface area is 148 Å². The van der Waals surface area contributed by atoms with Gasteiger partial charge in [-0.25, -0.2) is 4.79 Å². The maximum Gasteiger partial charge on any atom is 0.317 e. The van der Waals surface area contributed by atoms with Gasteiger partial charge in [-0.05, 0) is 38.0 Å². The molecule has 1 aromatic carbocycles. The fourth-order valence-electron chi connectivity index (χ4n) is 2.81. The molecule has 3 amide bonds. The predicted octanol–water partition coefficient (Wildman–Crippen LogP) is 1.97. The third-order valence-corrected chi connectivity index (χ3v) is 4.56. The van der Waals surface area contributed by atoms with Crippen LogP contribution >= 0.6 is 0 Å². The Kier molecular flexibility index (Phi) is 6.50. The smallest absolute Gasteiger partial charge is 0.317 e. The summed E-state index contributed by atoms with van der Waals surface area (Å²) >= 11 is 0. The molecular weight excluding hydrogens is 322 g/mol. The zero-order valence-electron chi connectivity index (χ0n) is 15.4. The van der Waals surface area contributed by atoms with Crippen LogP contribution in [0.1, 0.15) is 30.1 Å². The highest BCUT2D eigenvalue weighted by atomic mass is 16.5. The molecule has 1 aliphatic rings. The van der Waals surface area contributed by atoms with Crippen LogP contribution in [0.4, 0.5) is 4.79 Å². The van der Waals surface area contributed by atoms with Crippen molar-refractivity contribution in [3.8, 4) is 11.5 Å². The first kappa shape index (κ1) is 18.9. The van der Waals surface area contributed by atoms with Crippen LogP contribution in [0.15, 0.2) is 18.2 Å². The lowest BCUT2D eigenvalue weighted by Gasteiger charge is -2.33. The summed E-state index contributed by atoms with van der Waals surface area (Å²) in [6.45, 7) is 3.84. The molecule has 7 nitrogen and oxygen atoms in total. The lowest BCUT2D eigenvalue weighted by molar-refractivity contribution is 0.0706. The largest absolute Gasteiger partial charge is 0.493 e. The number of amides is 3. The van der Waals surface area contributed by atoms with E-state index in [1.54, 1.807) is 44.4 Å². The van der Waals surface area contributed by atoms with Crippen molar-refractivity contribution in [1.29, 1.82) is 0 Å². The summed E-state index contributed by atoms with van der Waals surface area (Å²) in [6.07, 6.45) is 1.50. The minimum atomic E-state index is -0.0628. The van der Waals surface area contributed by atoms with Gasteiger partial charge in [0.15, 0.2) is 11.5 Å². The van der Waals surface area contributed by atoms with E-state index >= 15 is 0 Å². The predicted molar refractivity (Wildman–Crippen MR) is 95.3 cm³/mol. The van der Waals surface area contributed by atoms with Gasteiger partial charge >= 0.3 is 6.03 Å². The number of nitrogens with zero attached hydrogens (tertiary/aromatic N) is 2. The number of hydrogen-bond donors (Lipinski definition) is 1. The number of piperidine rings is 1. The van der Waals surface area contributed by atoms with Crippen molar-refractivity contribution in [3.05, 3.63) is 23.8 Å².